The molecule has 1 nitrogen and oxygen atoms in total. The molecule has 1 heteroatoms. The summed E-state index contributed by atoms with van der Waals surface area (Å²) in [6.07, 6.45) is 0. The number of hydrogen-bond acceptors (Lipinski definition) is 1. The third kappa shape index (κ3) is 2.43. The summed E-state index contributed by atoms with van der Waals surface area (Å²) >= 11 is 0. The highest BCUT2D eigenvalue weighted by atomic mass is 14.5. The van der Waals surface area contributed by atoms with Crippen LogP contribution in [-0.4, -0.2) is 0 Å². The summed E-state index contributed by atoms with van der Waals surface area (Å²) in [6, 6.07) is 25.1. The summed E-state index contributed by atoms with van der Waals surface area (Å²) < 4.78 is 0. The Balaban J connectivity index is 2.18. The van der Waals surface area contributed by atoms with Gasteiger partial charge in [0, 0.05) is 5.69 Å². The van der Waals surface area contributed by atoms with E-state index in [1.807, 2.05) is 18.2 Å². The predicted octanol–water partition coefficient (Wildman–Crippen LogP) is 4.91. The molecule has 0 fully saturated rings. The molecule has 3 rings (SSSR count). The number of benzene rings is 3. The predicted molar refractivity (Wildman–Crippen MR) is 86.5 cm³/mol. The van der Waals surface area contributed by atoms with Gasteiger partial charge in [0.1, 0.15) is 0 Å². The molecule has 0 unspecified atom stereocenters. The Labute approximate surface area is 119 Å². The van der Waals surface area contributed by atoms with Crippen molar-refractivity contribution in [3.05, 3.63) is 78.4 Å². The van der Waals surface area contributed by atoms with Crippen LogP contribution in [0.5, 0.6) is 0 Å². The minimum Gasteiger partial charge on any atom is -0.399 e. The lowest BCUT2D eigenvalue weighted by Gasteiger charge is -2.11. The van der Waals surface area contributed by atoms with Crippen molar-refractivity contribution >= 4 is 5.69 Å². The van der Waals surface area contributed by atoms with E-state index < -0.39 is 0 Å². The first kappa shape index (κ1) is 12.5. The largest absolute Gasteiger partial charge is 0.399 e. The van der Waals surface area contributed by atoms with Crippen molar-refractivity contribution in [2.24, 2.45) is 0 Å². The zero-order chi connectivity index (χ0) is 13.9. The summed E-state index contributed by atoms with van der Waals surface area (Å²) in [5.74, 6) is 0. The van der Waals surface area contributed by atoms with Crippen molar-refractivity contribution in [2.45, 2.75) is 6.92 Å². The van der Waals surface area contributed by atoms with Gasteiger partial charge in [-0.2, -0.15) is 0 Å². The molecule has 0 aliphatic heterocycles. The molecule has 3 aromatic carbocycles. The molecule has 0 bridgehead atoms. The number of nitrogens with two attached hydrogens (primary N) is 1. The fourth-order valence-electron chi connectivity index (χ4n) is 2.51. The van der Waals surface area contributed by atoms with Gasteiger partial charge >= 0.3 is 0 Å². The molecule has 20 heavy (non-hydrogen) atoms. The van der Waals surface area contributed by atoms with Crippen molar-refractivity contribution in [3.63, 3.8) is 0 Å². The number of aryl methyl sites for hydroxylation is 1. The van der Waals surface area contributed by atoms with Crippen LogP contribution in [0.3, 0.4) is 0 Å². The number of nitrogen functional groups attached to an aromatic ring is 1. The normalized spacial score (nSPS) is 10.4. The minimum absolute atomic E-state index is 0.793. The lowest BCUT2D eigenvalue weighted by molar-refractivity contribution is 1.46. The van der Waals surface area contributed by atoms with Crippen molar-refractivity contribution in [1.82, 2.24) is 0 Å². The minimum atomic E-state index is 0.793. The van der Waals surface area contributed by atoms with Crippen molar-refractivity contribution in [2.75, 3.05) is 5.73 Å². The molecule has 0 atom stereocenters. The first-order valence-corrected chi connectivity index (χ1v) is 6.76. The van der Waals surface area contributed by atoms with E-state index in [0.29, 0.717) is 0 Å². The second kappa shape index (κ2) is 5.22. The van der Waals surface area contributed by atoms with E-state index in [0.717, 1.165) is 11.3 Å². The smallest absolute Gasteiger partial charge is 0.0320 e. The number of rotatable bonds is 2. The average molecular weight is 259 g/mol. The maximum atomic E-state index is 5.91. The summed E-state index contributed by atoms with van der Waals surface area (Å²) in [7, 11) is 0. The molecular weight excluding hydrogens is 242 g/mol. The van der Waals surface area contributed by atoms with Crippen LogP contribution in [0.15, 0.2) is 72.8 Å². The summed E-state index contributed by atoms with van der Waals surface area (Å²) in [5, 5.41) is 0. The fraction of sp³-hybridized carbons (Fsp3) is 0.0526. The summed E-state index contributed by atoms with van der Waals surface area (Å²) in [6.45, 7) is 2.12. The second-order valence-corrected chi connectivity index (χ2v) is 5.04. The third-order valence-electron chi connectivity index (χ3n) is 3.45. The van der Waals surface area contributed by atoms with Crippen LogP contribution in [0.2, 0.25) is 0 Å². The average Bonchev–Trinajstić information content (AvgIpc) is 2.47. The van der Waals surface area contributed by atoms with E-state index in [1.165, 1.54) is 22.3 Å². The number of hydrogen-bond donors (Lipinski definition) is 1. The maximum Gasteiger partial charge on any atom is 0.0320 e. The quantitative estimate of drug-likeness (QED) is 0.650. The highest BCUT2D eigenvalue weighted by molar-refractivity contribution is 5.84. The molecule has 0 aliphatic carbocycles. The Kier molecular flexibility index (Phi) is 3.26. The Morgan fingerprint density at radius 2 is 1.25 bits per heavy atom. The van der Waals surface area contributed by atoms with Gasteiger partial charge < -0.3 is 5.73 Å². The molecule has 0 spiro atoms. The Morgan fingerprint density at radius 3 is 1.85 bits per heavy atom. The Morgan fingerprint density at radius 1 is 0.650 bits per heavy atom. The standard InChI is InChI=1S/C19H17N/c1-14-6-4-7-15(12-14)18-10-2-3-11-19(18)16-8-5-9-17(20)13-16/h2-13H,20H2,1H3. The van der Waals surface area contributed by atoms with Crippen LogP contribution in [0.25, 0.3) is 22.3 Å². The molecule has 0 aliphatic rings. The molecule has 0 saturated carbocycles. The molecule has 0 aromatic heterocycles. The van der Waals surface area contributed by atoms with Crippen LogP contribution < -0.4 is 5.73 Å². The van der Waals surface area contributed by atoms with Gasteiger partial charge in [0.25, 0.3) is 0 Å². The first-order chi connectivity index (χ1) is 9.74. The van der Waals surface area contributed by atoms with E-state index >= 15 is 0 Å². The van der Waals surface area contributed by atoms with E-state index in [2.05, 4.69) is 61.5 Å². The third-order valence-corrected chi connectivity index (χ3v) is 3.45. The van der Waals surface area contributed by atoms with Crippen molar-refractivity contribution in [3.8, 4) is 22.3 Å². The van der Waals surface area contributed by atoms with E-state index in [1.54, 1.807) is 0 Å². The topological polar surface area (TPSA) is 26.0 Å². The Hall–Kier alpha value is -2.54. The summed E-state index contributed by atoms with van der Waals surface area (Å²) in [5.41, 5.74) is 12.8. The van der Waals surface area contributed by atoms with E-state index in [9.17, 15) is 0 Å². The van der Waals surface area contributed by atoms with Gasteiger partial charge in [0.2, 0.25) is 0 Å². The molecule has 2 N–H and O–H groups in total. The maximum absolute atomic E-state index is 5.91. The van der Waals surface area contributed by atoms with E-state index in [-0.39, 0.29) is 0 Å². The van der Waals surface area contributed by atoms with Gasteiger partial charge in [-0.1, -0.05) is 66.2 Å². The van der Waals surface area contributed by atoms with Crippen LogP contribution in [0.4, 0.5) is 5.69 Å². The zero-order valence-corrected chi connectivity index (χ0v) is 11.5. The van der Waals surface area contributed by atoms with Gasteiger partial charge in [-0.05, 0) is 41.3 Å². The van der Waals surface area contributed by atoms with Crippen LogP contribution in [-0.2, 0) is 0 Å². The fourth-order valence-corrected chi connectivity index (χ4v) is 2.51. The van der Waals surface area contributed by atoms with Crippen LogP contribution in [0.1, 0.15) is 5.56 Å². The lowest BCUT2D eigenvalue weighted by Crippen LogP contribution is -1.88. The van der Waals surface area contributed by atoms with Gasteiger partial charge in [-0.25, -0.2) is 0 Å². The lowest BCUT2D eigenvalue weighted by atomic mass is 9.94. The molecular formula is C19H17N. The monoisotopic (exact) mass is 259 g/mol. The molecule has 98 valence electrons. The second-order valence-electron chi connectivity index (χ2n) is 5.04. The molecule has 0 amide bonds. The van der Waals surface area contributed by atoms with Crippen LogP contribution >= 0.6 is 0 Å². The highest BCUT2D eigenvalue weighted by Crippen LogP contribution is 2.32. The highest BCUT2D eigenvalue weighted by Gasteiger charge is 2.07. The molecule has 0 radical (unpaired) electrons. The summed E-state index contributed by atoms with van der Waals surface area (Å²) in [4.78, 5) is 0. The van der Waals surface area contributed by atoms with Gasteiger partial charge in [0.05, 0.1) is 0 Å². The Bertz CT molecular complexity index is 680. The molecule has 3 aromatic rings. The van der Waals surface area contributed by atoms with Gasteiger partial charge in [-0.3, -0.25) is 0 Å². The van der Waals surface area contributed by atoms with Gasteiger partial charge in [0.15, 0.2) is 0 Å². The SMILES string of the molecule is Cc1cccc(-c2ccccc2-c2cccc(N)c2)c1. The van der Waals surface area contributed by atoms with Crippen molar-refractivity contribution < 1.29 is 0 Å². The van der Waals surface area contributed by atoms with Gasteiger partial charge in [-0.15, -0.1) is 0 Å². The molecule has 0 heterocycles. The number of anilines is 1. The van der Waals surface area contributed by atoms with Crippen LogP contribution in [0, 0.1) is 6.92 Å². The van der Waals surface area contributed by atoms with E-state index in [4.69, 9.17) is 5.73 Å². The zero-order valence-electron chi connectivity index (χ0n) is 11.5. The first-order valence-electron chi connectivity index (χ1n) is 6.76. The molecule has 0 saturated heterocycles. The van der Waals surface area contributed by atoms with Crippen molar-refractivity contribution in [1.29, 1.82) is 0 Å².